The highest BCUT2D eigenvalue weighted by atomic mass is 16.1. The topological polar surface area (TPSA) is 71.2 Å². The quantitative estimate of drug-likeness (QED) is 0.852. The van der Waals surface area contributed by atoms with Crippen LogP contribution in [0.1, 0.15) is 42.6 Å². The van der Waals surface area contributed by atoms with Gasteiger partial charge in [-0.2, -0.15) is 0 Å². The Morgan fingerprint density at radius 3 is 2.90 bits per heavy atom. The predicted molar refractivity (Wildman–Crippen MR) is 78.8 cm³/mol. The molecule has 1 aliphatic carbocycles. The summed E-state index contributed by atoms with van der Waals surface area (Å²) in [6.07, 6.45) is 8.02. The number of pyridine rings is 1. The first-order chi connectivity index (χ1) is 9.71. The van der Waals surface area contributed by atoms with Crippen LogP contribution in [0, 0.1) is 0 Å². The van der Waals surface area contributed by atoms with Gasteiger partial charge in [0.2, 0.25) is 0 Å². The lowest BCUT2D eigenvalue weighted by atomic mass is 9.78. The lowest BCUT2D eigenvalue weighted by Crippen LogP contribution is -2.62. The van der Waals surface area contributed by atoms with Crippen molar-refractivity contribution in [3.05, 3.63) is 24.0 Å². The Morgan fingerprint density at radius 2 is 2.15 bits per heavy atom. The molecule has 3 N–H and O–H groups in total. The van der Waals surface area contributed by atoms with Crippen LogP contribution in [-0.4, -0.2) is 36.1 Å². The summed E-state index contributed by atoms with van der Waals surface area (Å²) in [5, 5.41) is 3.53. The summed E-state index contributed by atoms with van der Waals surface area (Å²) in [6, 6.07) is 3.83. The number of piperazine rings is 1. The van der Waals surface area contributed by atoms with E-state index in [-0.39, 0.29) is 5.54 Å². The van der Waals surface area contributed by atoms with Gasteiger partial charge < -0.3 is 16.0 Å². The van der Waals surface area contributed by atoms with Gasteiger partial charge in [-0.25, -0.2) is 0 Å². The molecule has 0 aromatic carbocycles. The third-order valence-electron chi connectivity index (χ3n) is 4.63. The zero-order valence-electron chi connectivity index (χ0n) is 11.8. The van der Waals surface area contributed by atoms with Crippen LogP contribution in [0.3, 0.4) is 0 Å². The van der Waals surface area contributed by atoms with Crippen LogP contribution in [0.15, 0.2) is 18.3 Å². The van der Waals surface area contributed by atoms with Gasteiger partial charge in [-0.1, -0.05) is 19.3 Å². The second kappa shape index (κ2) is 5.40. The zero-order chi connectivity index (χ0) is 14.0. The third-order valence-corrected chi connectivity index (χ3v) is 4.63. The lowest BCUT2D eigenvalue weighted by Gasteiger charge is -2.51. The number of anilines is 1. The molecular formula is C15H22N4O. The normalized spacial score (nSPS) is 21.9. The minimum Gasteiger partial charge on any atom is -0.364 e. The Bertz CT molecular complexity index is 488. The summed E-state index contributed by atoms with van der Waals surface area (Å²) in [4.78, 5) is 17.9. The van der Waals surface area contributed by atoms with E-state index in [4.69, 9.17) is 5.73 Å². The molecule has 2 heterocycles. The standard InChI is InChI=1S/C15H22N4O/c16-14(20)13-10-12(4-7-18-13)19-9-8-17-11-15(19)5-2-1-3-6-15/h4,7,10,17H,1-3,5-6,8-9,11H2,(H2,16,20). The maximum Gasteiger partial charge on any atom is 0.267 e. The number of carbonyl (C=O) groups is 1. The van der Waals surface area contributed by atoms with Crippen molar-refractivity contribution in [2.45, 2.75) is 37.6 Å². The molecule has 1 spiro atoms. The van der Waals surface area contributed by atoms with Gasteiger partial charge in [0.15, 0.2) is 0 Å². The van der Waals surface area contributed by atoms with E-state index < -0.39 is 5.91 Å². The van der Waals surface area contributed by atoms with E-state index in [9.17, 15) is 4.79 Å². The molecule has 1 aromatic rings. The SMILES string of the molecule is NC(=O)c1cc(N2CCNCC23CCCCC3)ccn1. The molecule has 20 heavy (non-hydrogen) atoms. The number of nitrogens with one attached hydrogen (secondary N) is 1. The molecule has 0 unspecified atom stereocenters. The predicted octanol–water partition coefficient (Wildman–Crippen LogP) is 1.29. The maximum absolute atomic E-state index is 11.3. The second-order valence-electron chi connectivity index (χ2n) is 5.88. The molecule has 2 aliphatic rings. The van der Waals surface area contributed by atoms with E-state index in [2.05, 4.69) is 15.2 Å². The molecule has 0 atom stereocenters. The number of aromatic nitrogens is 1. The van der Waals surface area contributed by atoms with Crippen molar-refractivity contribution in [3.8, 4) is 0 Å². The number of primary amides is 1. The van der Waals surface area contributed by atoms with Crippen molar-refractivity contribution in [2.75, 3.05) is 24.5 Å². The summed E-state index contributed by atoms with van der Waals surface area (Å²) in [7, 11) is 0. The Balaban J connectivity index is 1.93. The minimum absolute atomic E-state index is 0.201. The average molecular weight is 274 g/mol. The molecule has 1 saturated carbocycles. The van der Waals surface area contributed by atoms with Crippen LogP contribution in [-0.2, 0) is 0 Å². The maximum atomic E-state index is 11.3. The highest BCUT2D eigenvalue weighted by molar-refractivity contribution is 5.91. The summed E-state index contributed by atoms with van der Waals surface area (Å²) in [5.74, 6) is -0.459. The Labute approximate surface area is 119 Å². The van der Waals surface area contributed by atoms with Gasteiger partial charge in [-0.3, -0.25) is 9.78 Å². The van der Waals surface area contributed by atoms with Gasteiger partial charge in [0, 0.05) is 31.5 Å². The van der Waals surface area contributed by atoms with Crippen LogP contribution < -0.4 is 16.0 Å². The molecule has 1 aromatic heterocycles. The summed E-state index contributed by atoms with van der Waals surface area (Å²) < 4.78 is 0. The summed E-state index contributed by atoms with van der Waals surface area (Å²) in [5.41, 5.74) is 6.99. The van der Waals surface area contributed by atoms with E-state index in [0.29, 0.717) is 5.69 Å². The molecule has 0 radical (unpaired) electrons. The van der Waals surface area contributed by atoms with Crippen molar-refractivity contribution in [2.24, 2.45) is 5.73 Å². The molecule has 5 nitrogen and oxygen atoms in total. The Kier molecular flexibility index (Phi) is 3.61. The van der Waals surface area contributed by atoms with Crippen molar-refractivity contribution in [1.29, 1.82) is 0 Å². The van der Waals surface area contributed by atoms with Gasteiger partial charge in [-0.05, 0) is 25.0 Å². The highest BCUT2D eigenvalue weighted by Crippen LogP contribution is 2.37. The molecular weight excluding hydrogens is 252 g/mol. The van der Waals surface area contributed by atoms with E-state index in [1.54, 1.807) is 6.20 Å². The van der Waals surface area contributed by atoms with E-state index in [1.807, 2.05) is 12.1 Å². The largest absolute Gasteiger partial charge is 0.364 e. The van der Waals surface area contributed by atoms with Crippen molar-refractivity contribution in [3.63, 3.8) is 0 Å². The number of nitrogens with zero attached hydrogens (tertiary/aromatic N) is 2. The van der Waals surface area contributed by atoms with Gasteiger partial charge in [0.1, 0.15) is 5.69 Å². The highest BCUT2D eigenvalue weighted by Gasteiger charge is 2.39. The van der Waals surface area contributed by atoms with Crippen molar-refractivity contribution >= 4 is 11.6 Å². The number of amides is 1. The average Bonchev–Trinajstić information content (AvgIpc) is 2.49. The summed E-state index contributed by atoms with van der Waals surface area (Å²) >= 11 is 0. The number of carbonyl (C=O) groups excluding carboxylic acids is 1. The Morgan fingerprint density at radius 1 is 1.35 bits per heavy atom. The van der Waals surface area contributed by atoms with Gasteiger partial charge >= 0.3 is 0 Å². The molecule has 1 saturated heterocycles. The molecule has 1 amide bonds. The second-order valence-corrected chi connectivity index (χ2v) is 5.88. The monoisotopic (exact) mass is 274 g/mol. The molecule has 108 valence electrons. The molecule has 3 rings (SSSR count). The smallest absolute Gasteiger partial charge is 0.267 e. The first-order valence-corrected chi connectivity index (χ1v) is 7.46. The first kappa shape index (κ1) is 13.4. The molecule has 5 heteroatoms. The number of rotatable bonds is 2. The number of hydrogen-bond acceptors (Lipinski definition) is 4. The fourth-order valence-corrected chi connectivity index (χ4v) is 3.63. The fraction of sp³-hybridized carbons (Fsp3) is 0.600. The van der Waals surface area contributed by atoms with Gasteiger partial charge in [0.05, 0.1) is 5.54 Å². The number of hydrogen-bond donors (Lipinski definition) is 2. The summed E-state index contributed by atoms with van der Waals surface area (Å²) in [6.45, 7) is 2.99. The van der Waals surface area contributed by atoms with E-state index in [0.717, 1.165) is 25.3 Å². The third kappa shape index (κ3) is 2.38. The Hall–Kier alpha value is -1.62. The van der Waals surface area contributed by atoms with Crippen LogP contribution in [0.2, 0.25) is 0 Å². The van der Waals surface area contributed by atoms with Crippen LogP contribution in [0.4, 0.5) is 5.69 Å². The molecule has 2 fully saturated rings. The molecule has 0 bridgehead atoms. The first-order valence-electron chi connectivity index (χ1n) is 7.46. The minimum atomic E-state index is -0.459. The van der Waals surface area contributed by atoms with Crippen LogP contribution in [0.25, 0.3) is 0 Å². The van der Waals surface area contributed by atoms with Gasteiger partial charge in [-0.15, -0.1) is 0 Å². The van der Waals surface area contributed by atoms with Crippen LogP contribution in [0.5, 0.6) is 0 Å². The van der Waals surface area contributed by atoms with Gasteiger partial charge in [0.25, 0.3) is 5.91 Å². The van der Waals surface area contributed by atoms with E-state index >= 15 is 0 Å². The lowest BCUT2D eigenvalue weighted by molar-refractivity contribution is 0.0995. The van der Waals surface area contributed by atoms with Crippen LogP contribution >= 0.6 is 0 Å². The van der Waals surface area contributed by atoms with Crippen molar-refractivity contribution in [1.82, 2.24) is 10.3 Å². The zero-order valence-corrected chi connectivity index (χ0v) is 11.8. The molecule has 1 aliphatic heterocycles. The fourth-order valence-electron chi connectivity index (χ4n) is 3.63. The van der Waals surface area contributed by atoms with Crippen molar-refractivity contribution < 1.29 is 4.79 Å². The number of nitrogens with two attached hydrogens (primary N) is 1. The van der Waals surface area contributed by atoms with E-state index in [1.165, 1.54) is 32.1 Å².